The number of aliphatic hydroxyl groups excluding tert-OH is 2. The molecule has 4 aliphatic heterocycles. The summed E-state index contributed by atoms with van der Waals surface area (Å²) in [4.78, 5) is 13.6. The molecule has 10 atom stereocenters. The first-order valence-electron chi connectivity index (χ1n) is 15.6. The number of rotatable bonds is 9. The number of ether oxygens (including phenoxy) is 10. The summed E-state index contributed by atoms with van der Waals surface area (Å²) in [5, 5.41) is 22.1. The molecule has 4 heterocycles. The Labute approximate surface area is 276 Å². The van der Waals surface area contributed by atoms with Crippen LogP contribution in [0.3, 0.4) is 0 Å². The number of cyclic esters (lactones) is 1. The van der Waals surface area contributed by atoms with Gasteiger partial charge in [-0.05, 0) is 47.9 Å². The Balaban J connectivity index is 1.28. The number of hydrogen-bond donors (Lipinski definition) is 2. The second kappa shape index (κ2) is 13.0. The van der Waals surface area contributed by atoms with Gasteiger partial charge in [0.2, 0.25) is 12.5 Å². The van der Waals surface area contributed by atoms with Crippen LogP contribution in [0.1, 0.15) is 35.6 Å². The molecule has 2 aromatic rings. The summed E-state index contributed by atoms with van der Waals surface area (Å²) in [6.45, 7) is 4.54. The summed E-state index contributed by atoms with van der Waals surface area (Å²) in [5.41, 5.74) is 2.00. The number of carbonyl (C=O) groups excluding carboxylic acids is 1. The van der Waals surface area contributed by atoms with Gasteiger partial charge >= 0.3 is 5.97 Å². The summed E-state index contributed by atoms with van der Waals surface area (Å²) >= 11 is 0. The zero-order valence-electron chi connectivity index (χ0n) is 27.1. The van der Waals surface area contributed by atoms with Gasteiger partial charge in [0.15, 0.2) is 49.7 Å². The van der Waals surface area contributed by atoms with Gasteiger partial charge in [0.05, 0.1) is 39.5 Å². The lowest BCUT2D eigenvalue weighted by Gasteiger charge is -2.47. The smallest absolute Gasteiger partial charge is 0.310 e. The van der Waals surface area contributed by atoms with E-state index in [4.69, 9.17) is 51.9 Å². The molecule has 0 bridgehead atoms. The molecule has 7 rings (SSSR count). The van der Waals surface area contributed by atoms with E-state index in [0.717, 1.165) is 0 Å². The van der Waals surface area contributed by atoms with Crippen LogP contribution in [0.25, 0.3) is 0 Å². The number of benzene rings is 2. The minimum Gasteiger partial charge on any atom is -0.493 e. The van der Waals surface area contributed by atoms with Crippen molar-refractivity contribution in [3.05, 3.63) is 41.0 Å². The predicted molar refractivity (Wildman–Crippen MR) is 163 cm³/mol. The molecule has 3 fully saturated rings. The molecule has 2 N–H and O–H groups in total. The highest BCUT2D eigenvalue weighted by Crippen LogP contribution is 2.57. The van der Waals surface area contributed by atoms with E-state index in [1.54, 1.807) is 25.1 Å². The highest BCUT2D eigenvalue weighted by Gasteiger charge is 2.56. The van der Waals surface area contributed by atoms with E-state index in [2.05, 4.69) is 0 Å². The third-order valence-electron chi connectivity index (χ3n) is 9.29. The van der Waals surface area contributed by atoms with E-state index in [0.29, 0.717) is 39.7 Å². The molecule has 2 aromatic carbocycles. The number of aliphatic hydroxyl groups is 2. The standard InChI is InChI=1S/C32H39O15P/c1-14-39-11-23-30(45-14)26(33)27(34)32(46-23)47-28-17-9-20-19(41-12-42-20)8-16(17)24(25-18(28)10-40-31(25)35)15-6-21(37-2)29(22(7-15)38-3)43-13-44-48(4,5)36/h6-9,14,18,23-28,30,32-34H,10-13H2,1-5H3/t14?,18-,23+,24+,25-,26?,27?,28?,30?,32?/m0/s1. The number of fused-ring (bicyclic) bond motifs is 4. The van der Waals surface area contributed by atoms with Crippen molar-refractivity contribution in [2.75, 3.05) is 54.3 Å². The van der Waals surface area contributed by atoms with Crippen molar-refractivity contribution in [3.8, 4) is 28.7 Å². The van der Waals surface area contributed by atoms with E-state index >= 15 is 0 Å². The van der Waals surface area contributed by atoms with Crippen LogP contribution in [-0.2, 0) is 37.6 Å². The maximum absolute atomic E-state index is 13.6. The van der Waals surface area contributed by atoms with Gasteiger partial charge in [-0.15, -0.1) is 0 Å². The first-order chi connectivity index (χ1) is 23.0. The molecule has 0 amide bonds. The van der Waals surface area contributed by atoms with Gasteiger partial charge in [0.1, 0.15) is 24.4 Å². The van der Waals surface area contributed by atoms with Crippen LogP contribution >= 0.6 is 7.37 Å². The van der Waals surface area contributed by atoms with Crippen LogP contribution in [0.2, 0.25) is 0 Å². The molecule has 16 heteroatoms. The normalized spacial score (nSPS) is 33.7. The fraction of sp³-hybridized carbons (Fsp3) is 0.594. The average Bonchev–Trinajstić information content (AvgIpc) is 3.68. The summed E-state index contributed by atoms with van der Waals surface area (Å²) in [6, 6.07) is 7.10. The van der Waals surface area contributed by atoms with Crippen LogP contribution in [0.5, 0.6) is 28.7 Å². The van der Waals surface area contributed by atoms with Crippen LogP contribution in [0, 0.1) is 11.8 Å². The molecule has 3 saturated heterocycles. The third kappa shape index (κ3) is 6.00. The Bertz CT molecular complexity index is 1570. The summed E-state index contributed by atoms with van der Waals surface area (Å²) in [7, 11) is 0.116. The van der Waals surface area contributed by atoms with Crippen LogP contribution in [0.4, 0.5) is 0 Å². The molecule has 0 saturated carbocycles. The zero-order valence-corrected chi connectivity index (χ0v) is 28.0. The van der Waals surface area contributed by atoms with Gasteiger partial charge in [-0.25, -0.2) is 0 Å². The van der Waals surface area contributed by atoms with Gasteiger partial charge in [-0.2, -0.15) is 0 Å². The first-order valence-corrected chi connectivity index (χ1v) is 18.1. The second-order valence-corrected chi connectivity index (χ2v) is 15.4. The van der Waals surface area contributed by atoms with E-state index in [1.165, 1.54) is 27.5 Å². The monoisotopic (exact) mass is 694 g/mol. The highest BCUT2D eigenvalue weighted by atomic mass is 31.2. The fourth-order valence-electron chi connectivity index (χ4n) is 7.08. The van der Waals surface area contributed by atoms with Gasteiger partial charge in [0.25, 0.3) is 0 Å². The molecule has 5 aliphatic rings. The van der Waals surface area contributed by atoms with Crippen molar-refractivity contribution >= 4 is 13.3 Å². The molecule has 6 unspecified atom stereocenters. The lowest BCUT2D eigenvalue weighted by Crippen LogP contribution is -2.63. The number of hydrogen-bond acceptors (Lipinski definition) is 15. The Morgan fingerprint density at radius 3 is 2.27 bits per heavy atom. The molecule has 262 valence electrons. The molecule has 0 radical (unpaired) electrons. The Morgan fingerprint density at radius 1 is 0.917 bits per heavy atom. The van der Waals surface area contributed by atoms with Crippen molar-refractivity contribution in [1.82, 2.24) is 0 Å². The highest BCUT2D eigenvalue weighted by molar-refractivity contribution is 7.57. The van der Waals surface area contributed by atoms with E-state index in [-0.39, 0.29) is 32.5 Å². The van der Waals surface area contributed by atoms with Crippen molar-refractivity contribution in [3.63, 3.8) is 0 Å². The lowest BCUT2D eigenvalue weighted by molar-refractivity contribution is -0.364. The zero-order chi connectivity index (χ0) is 33.9. The van der Waals surface area contributed by atoms with Crippen LogP contribution in [-0.4, -0.2) is 108 Å². The number of esters is 1. The first kappa shape index (κ1) is 33.4. The van der Waals surface area contributed by atoms with E-state index in [9.17, 15) is 19.6 Å². The number of carbonyl (C=O) groups is 1. The fourth-order valence-corrected chi connectivity index (χ4v) is 7.38. The van der Waals surface area contributed by atoms with E-state index in [1.807, 2.05) is 6.07 Å². The van der Waals surface area contributed by atoms with Gasteiger partial charge in [-0.3, -0.25) is 13.9 Å². The molecular weight excluding hydrogens is 655 g/mol. The maximum atomic E-state index is 13.6. The van der Waals surface area contributed by atoms with Crippen molar-refractivity contribution in [1.29, 1.82) is 0 Å². The summed E-state index contributed by atoms with van der Waals surface area (Å²) < 4.78 is 75.6. The summed E-state index contributed by atoms with van der Waals surface area (Å²) in [6.07, 6.45) is -6.93. The Morgan fingerprint density at radius 2 is 1.60 bits per heavy atom. The van der Waals surface area contributed by atoms with E-state index < -0.39 is 74.2 Å². The summed E-state index contributed by atoms with van der Waals surface area (Å²) in [5.74, 6) is -0.522. The largest absolute Gasteiger partial charge is 0.493 e. The minimum absolute atomic E-state index is 0.0135. The van der Waals surface area contributed by atoms with Gasteiger partial charge < -0.3 is 57.6 Å². The molecule has 0 aromatic heterocycles. The predicted octanol–water partition coefficient (Wildman–Crippen LogP) is 2.52. The van der Waals surface area contributed by atoms with Crippen LogP contribution in [0.15, 0.2) is 24.3 Å². The van der Waals surface area contributed by atoms with Crippen LogP contribution < -0.4 is 23.7 Å². The Kier molecular flexibility index (Phi) is 9.00. The average molecular weight is 695 g/mol. The molecular formula is C32H39O15P. The quantitative estimate of drug-likeness (QED) is 0.222. The van der Waals surface area contributed by atoms with Crippen molar-refractivity contribution in [2.45, 2.75) is 55.9 Å². The number of methoxy groups -OCH3 is 2. The SMILES string of the molecule is COc1cc([C@@H]2c3cc4c(cc3C(OC3O[C@@H]5COC(C)OC5C(O)C3O)[C@H]3COC(=O)[C@H]23)OCO4)cc(OC)c1OCOP(C)(C)=O. The third-order valence-corrected chi connectivity index (χ3v) is 10.0. The second-order valence-electron chi connectivity index (χ2n) is 12.6. The Hall–Kier alpha value is -3.14. The molecule has 15 nitrogen and oxygen atoms in total. The lowest BCUT2D eigenvalue weighted by atomic mass is 9.66. The van der Waals surface area contributed by atoms with Crippen molar-refractivity contribution < 1.29 is 71.5 Å². The molecule has 0 spiro atoms. The van der Waals surface area contributed by atoms with Crippen molar-refractivity contribution in [2.24, 2.45) is 11.8 Å². The topological polar surface area (TPSA) is 176 Å². The maximum Gasteiger partial charge on any atom is 0.310 e. The molecule has 48 heavy (non-hydrogen) atoms. The minimum atomic E-state index is -2.82. The van der Waals surface area contributed by atoms with Gasteiger partial charge in [0, 0.05) is 25.2 Å². The van der Waals surface area contributed by atoms with Gasteiger partial charge in [-0.1, -0.05) is 0 Å². The molecule has 1 aliphatic carbocycles.